The highest BCUT2D eigenvalue weighted by Gasteiger charge is 2.36. The standard InChI is InChI=1S/C12H24N2O3/c1-5-13-6-9(2)12(15)14-7-10(16-3)11(8-14)17-4/h9-11,13H,5-8H2,1-4H3. The van der Waals surface area contributed by atoms with E-state index in [1.165, 1.54) is 0 Å². The van der Waals surface area contributed by atoms with Gasteiger partial charge in [-0.05, 0) is 6.54 Å². The van der Waals surface area contributed by atoms with Crippen molar-refractivity contribution >= 4 is 5.91 Å². The molecular formula is C12H24N2O3. The number of ether oxygens (including phenoxy) is 2. The van der Waals surface area contributed by atoms with Crippen LogP contribution < -0.4 is 5.32 Å². The maximum atomic E-state index is 12.1. The van der Waals surface area contributed by atoms with Crippen molar-refractivity contribution in [1.29, 1.82) is 0 Å². The van der Waals surface area contributed by atoms with Gasteiger partial charge in [0.2, 0.25) is 5.91 Å². The molecule has 1 aliphatic heterocycles. The average Bonchev–Trinajstić information content (AvgIpc) is 2.77. The van der Waals surface area contributed by atoms with Crippen molar-refractivity contribution in [2.75, 3.05) is 40.4 Å². The van der Waals surface area contributed by atoms with Crippen LogP contribution >= 0.6 is 0 Å². The molecule has 0 aromatic rings. The molecule has 0 aromatic heterocycles. The van der Waals surface area contributed by atoms with Crippen molar-refractivity contribution in [3.8, 4) is 0 Å². The first-order chi connectivity index (χ1) is 8.13. The molecule has 3 unspecified atom stereocenters. The number of rotatable bonds is 6. The third kappa shape index (κ3) is 3.66. The number of amides is 1. The molecule has 0 aromatic carbocycles. The van der Waals surface area contributed by atoms with Gasteiger partial charge >= 0.3 is 0 Å². The van der Waals surface area contributed by atoms with Gasteiger partial charge in [0.15, 0.2) is 0 Å². The third-order valence-corrected chi connectivity index (χ3v) is 3.25. The molecule has 0 radical (unpaired) electrons. The molecule has 100 valence electrons. The highest BCUT2D eigenvalue weighted by Crippen LogP contribution is 2.17. The Kier molecular flexibility index (Phi) is 5.88. The van der Waals surface area contributed by atoms with E-state index >= 15 is 0 Å². The molecule has 1 N–H and O–H groups in total. The maximum absolute atomic E-state index is 12.1. The number of methoxy groups -OCH3 is 2. The fourth-order valence-corrected chi connectivity index (χ4v) is 2.14. The summed E-state index contributed by atoms with van der Waals surface area (Å²) in [5.74, 6) is 0.176. The lowest BCUT2D eigenvalue weighted by Crippen LogP contribution is -2.38. The Morgan fingerprint density at radius 3 is 2.29 bits per heavy atom. The first kappa shape index (κ1) is 14.4. The van der Waals surface area contributed by atoms with Gasteiger partial charge in [-0.15, -0.1) is 0 Å². The Hall–Kier alpha value is -0.650. The summed E-state index contributed by atoms with van der Waals surface area (Å²) in [7, 11) is 3.32. The highest BCUT2D eigenvalue weighted by atomic mass is 16.5. The molecule has 0 bridgehead atoms. The van der Waals surface area contributed by atoms with Crippen LogP contribution in [-0.2, 0) is 14.3 Å². The molecule has 0 spiro atoms. The van der Waals surface area contributed by atoms with Crippen molar-refractivity contribution < 1.29 is 14.3 Å². The van der Waals surface area contributed by atoms with E-state index in [9.17, 15) is 4.79 Å². The minimum Gasteiger partial charge on any atom is -0.377 e. The first-order valence-electron chi connectivity index (χ1n) is 6.19. The zero-order chi connectivity index (χ0) is 12.8. The monoisotopic (exact) mass is 244 g/mol. The van der Waals surface area contributed by atoms with E-state index in [-0.39, 0.29) is 24.0 Å². The minimum absolute atomic E-state index is 0.00284. The van der Waals surface area contributed by atoms with Crippen LogP contribution in [0.25, 0.3) is 0 Å². The van der Waals surface area contributed by atoms with Crippen LogP contribution in [0.1, 0.15) is 13.8 Å². The lowest BCUT2D eigenvalue weighted by atomic mass is 10.1. The Balaban J connectivity index is 2.48. The SMILES string of the molecule is CCNCC(C)C(=O)N1CC(OC)C(OC)C1. The van der Waals surface area contributed by atoms with Crippen LogP contribution in [0, 0.1) is 5.92 Å². The summed E-state index contributed by atoms with van der Waals surface area (Å²) in [6, 6.07) is 0. The van der Waals surface area contributed by atoms with E-state index in [2.05, 4.69) is 5.32 Å². The van der Waals surface area contributed by atoms with Gasteiger partial charge in [-0.3, -0.25) is 4.79 Å². The molecule has 17 heavy (non-hydrogen) atoms. The first-order valence-corrected chi connectivity index (χ1v) is 6.19. The van der Waals surface area contributed by atoms with Gasteiger partial charge in [-0.2, -0.15) is 0 Å². The number of nitrogens with zero attached hydrogens (tertiary/aromatic N) is 1. The van der Waals surface area contributed by atoms with Gasteiger partial charge in [0.25, 0.3) is 0 Å². The minimum atomic E-state index is -0.00437. The smallest absolute Gasteiger partial charge is 0.226 e. The molecule has 3 atom stereocenters. The molecule has 1 amide bonds. The van der Waals surface area contributed by atoms with Crippen molar-refractivity contribution in [3.05, 3.63) is 0 Å². The van der Waals surface area contributed by atoms with E-state index in [0.717, 1.165) is 13.1 Å². The summed E-state index contributed by atoms with van der Waals surface area (Å²) in [4.78, 5) is 14.0. The molecule has 0 saturated carbocycles. The molecule has 1 rings (SSSR count). The average molecular weight is 244 g/mol. The Labute approximate surface area is 103 Å². The quantitative estimate of drug-likeness (QED) is 0.720. The summed E-state index contributed by atoms with van der Waals surface area (Å²) >= 11 is 0. The Morgan fingerprint density at radius 2 is 1.88 bits per heavy atom. The zero-order valence-electron chi connectivity index (χ0n) is 11.2. The second kappa shape index (κ2) is 6.93. The van der Waals surface area contributed by atoms with Crippen molar-refractivity contribution in [2.24, 2.45) is 5.92 Å². The number of carbonyl (C=O) groups is 1. The van der Waals surface area contributed by atoms with E-state index in [1.54, 1.807) is 14.2 Å². The summed E-state index contributed by atoms with van der Waals surface area (Å²) in [6.45, 7) is 6.86. The fourth-order valence-electron chi connectivity index (χ4n) is 2.14. The summed E-state index contributed by atoms with van der Waals surface area (Å²) in [6.07, 6.45) is -0.00873. The van der Waals surface area contributed by atoms with Crippen LogP contribution in [-0.4, -0.2) is 63.4 Å². The number of hydrogen-bond donors (Lipinski definition) is 1. The second-order valence-corrected chi connectivity index (χ2v) is 4.50. The number of nitrogens with one attached hydrogen (secondary N) is 1. The largest absolute Gasteiger partial charge is 0.377 e. The van der Waals surface area contributed by atoms with Gasteiger partial charge in [0, 0.05) is 39.8 Å². The van der Waals surface area contributed by atoms with E-state index in [1.807, 2.05) is 18.7 Å². The van der Waals surface area contributed by atoms with Crippen LogP contribution in [0.2, 0.25) is 0 Å². The van der Waals surface area contributed by atoms with Gasteiger partial charge in [0.1, 0.15) is 12.2 Å². The predicted octanol–water partition coefficient (Wildman–Crippen LogP) is 0.104. The normalized spacial score (nSPS) is 26.2. The third-order valence-electron chi connectivity index (χ3n) is 3.25. The molecule has 1 aliphatic rings. The number of carbonyl (C=O) groups excluding carboxylic acids is 1. The number of likely N-dealkylation sites (tertiary alicyclic amines) is 1. The summed E-state index contributed by atoms with van der Waals surface area (Å²) < 4.78 is 10.6. The van der Waals surface area contributed by atoms with E-state index in [4.69, 9.17) is 9.47 Å². The van der Waals surface area contributed by atoms with Crippen LogP contribution in [0.4, 0.5) is 0 Å². The zero-order valence-corrected chi connectivity index (χ0v) is 11.2. The second-order valence-electron chi connectivity index (χ2n) is 4.50. The highest BCUT2D eigenvalue weighted by molar-refractivity contribution is 5.79. The Morgan fingerprint density at radius 1 is 1.35 bits per heavy atom. The molecule has 0 aliphatic carbocycles. The van der Waals surface area contributed by atoms with Crippen LogP contribution in [0.5, 0.6) is 0 Å². The fraction of sp³-hybridized carbons (Fsp3) is 0.917. The van der Waals surface area contributed by atoms with Crippen LogP contribution in [0.15, 0.2) is 0 Å². The molecular weight excluding hydrogens is 220 g/mol. The van der Waals surface area contributed by atoms with Gasteiger partial charge < -0.3 is 19.7 Å². The molecule has 5 nitrogen and oxygen atoms in total. The predicted molar refractivity (Wildman–Crippen MR) is 65.9 cm³/mol. The molecule has 1 saturated heterocycles. The van der Waals surface area contributed by atoms with Crippen LogP contribution in [0.3, 0.4) is 0 Å². The van der Waals surface area contributed by atoms with Gasteiger partial charge in [-0.25, -0.2) is 0 Å². The maximum Gasteiger partial charge on any atom is 0.226 e. The van der Waals surface area contributed by atoms with Crippen molar-refractivity contribution in [2.45, 2.75) is 26.1 Å². The van der Waals surface area contributed by atoms with Crippen molar-refractivity contribution in [3.63, 3.8) is 0 Å². The molecule has 1 heterocycles. The summed E-state index contributed by atoms with van der Waals surface area (Å²) in [5.41, 5.74) is 0. The van der Waals surface area contributed by atoms with Gasteiger partial charge in [0.05, 0.1) is 0 Å². The summed E-state index contributed by atoms with van der Waals surface area (Å²) in [5, 5.41) is 3.19. The Bertz CT molecular complexity index is 236. The topological polar surface area (TPSA) is 50.8 Å². The lowest BCUT2D eigenvalue weighted by Gasteiger charge is -2.20. The van der Waals surface area contributed by atoms with Crippen molar-refractivity contribution in [1.82, 2.24) is 10.2 Å². The molecule has 1 fully saturated rings. The van der Waals surface area contributed by atoms with E-state index in [0.29, 0.717) is 13.1 Å². The van der Waals surface area contributed by atoms with E-state index < -0.39 is 0 Å². The lowest BCUT2D eigenvalue weighted by molar-refractivity contribution is -0.134. The molecule has 5 heteroatoms. The van der Waals surface area contributed by atoms with Gasteiger partial charge in [-0.1, -0.05) is 13.8 Å². The number of hydrogen-bond acceptors (Lipinski definition) is 4.